The summed E-state index contributed by atoms with van der Waals surface area (Å²) in [6.45, 7) is 13.6. The molecule has 33 heavy (non-hydrogen) atoms. The van der Waals surface area contributed by atoms with Crippen LogP contribution < -0.4 is 10.2 Å². The summed E-state index contributed by atoms with van der Waals surface area (Å²) >= 11 is 7.72. The third-order valence-electron chi connectivity index (χ3n) is 5.06. The molecule has 1 aliphatic rings. The van der Waals surface area contributed by atoms with Crippen LogP contribution in [0.3, 0.4) is 0 Å². The summed E-state index contributed by atoms with van der Waals surface area (Å²) in [5.74, 6) is 1.28. The van der Waals surface area contributed by atoms with Crippen LogP contribution in [-0.2, 0) is 10.5 Å². The van der Waals surface area contributed by atoms with E-state index in [4.69, 9.17) is 16.3 Å². The van der Waals surface area contributed by atoms with E-state index in [1.807, 2.05) is 41.3 Å². The fraction of sp³-hybridized carbons (Fsp3) is 0.375. The quantitative estimate of drug-likeness (QED) is 0.212. The van der Waals surface area contributed by atoms with Crippen LogP contribution in [0.25, 0.3) is 0 Å². The van der Waals surface area contributed by atoms with Crippen LogP contribution in [0.4, 0.5) is 5.82 Å². The molecule has 1 aromatic heterocycles. The maximum atomic E-state index is 12.6. The smallest absolute Gasteiger partial charge is 0.251 e. The largest absolute Gasteiger partial charge is 0.379 e. The van der Waals surface area contributed by atoms with Gasteiger partial charge in [0.15, 0.2) is 5.16 Å². The molecular formula is C24H30ClN5O2S. The van der Waals surface area contributed by atoms with Gasteiger partial charge in [0.2, 0.25) is 0 Å². The highest BCUT2D eigenvalue weighted by Crippen LogP contribution is 2.25. The number of ether oxygens (including phenoxy) is 1. The second-order valence-electron chi connectivity index (χ2n) is 7.51. The third kappa shape index (κ3) is 8.16. The van der Waals surface area contributed by atoms with E-state index in [0.29, 0.717) is 41.3 Å². The van der Waals surface area contributed by atoms with Crippen molar-refractivity contribution < 1.29 is 9.53 Å². The summed E-state index contributed by atoms with van der Waals surface area (Å²) in [5.41, 5.74) is 1.66. The number of carbonyl (C=O) groups excluding carboxylic acids is 1. The molecule has 1 aliphatic heterocycles. The molecule has 7 nitrogen and oxygen atoms in total. The molecule has 0 saturated carbocycles. The molecule has 0 aliphatic carbocycles. The van der Waals surface area contributed by atoms with Crippen LogP contribution in [0, 0.1) is 0 Å². The van der Waals surface area contributed by atoms with Gasteiger partial charge in [-0.1, -0.05) is 47.6 Å². The summed E-state index contributed by atoms with van der Waals surface area (Å²) in [5, 5.41) is 3.97. The molecule has 1 aromatic carbocycles. The van der Waals surface area contributed by atoms with E-state index in [-0.39, 0.29) is 5.91 Å². The Hall–Kier alpha value is -2.39. The number of nitrogens with zero attached hydrogens (tertiary/aromatic N) is 4. The summed E-state index contributed by atoms with van der Waals surface area (Å²) in [4.78, 5) is 25.9. The van der Waals surface area contributed by atoms with Gasteiger partial charge >= 0.3 is 0 Å². The minimum Gasteiger partial charge on any atom is -0.379 e. The zero-order valence-corrected chi connectivity index (χ0v) is 20.3. The van der Waals surface area contributed by atoms with Crippen molar-refractivity contribution in [1.82, 2.24) is 20.2 Å². The molecule has 176 valence electrons. The maximum Gasteiger partial charge on any atom is 0.251 e. The van der Waals surface area contributed by atoms with Gasteiger partial charge in [-0.3, -0.25) is 9.69 Å². The second-order valence-corrected chi connectivity index (χ2v) is 8.84. The Balaban J connectivity index is 1.57. The molecule has 3 rings (SSSR count). The van der Waals surface area contributed by atoms with Crippen molar-refractivity contribution in [1.29, 1.82) is 0 Å². The lowest BCUT2D eigenvalue weighted by Gasteiger charge is -2.26. The number of morpholine rings is 1. The topological polar surface area (TPSA) is 70.6 Å². The number of hydrogen-bond acceptors (Lipinski definition) is 7. The minimum atomic E-state index is -0.0686. The summed E-state index contributed by atoms with van der Waals surface area (Å²) in [6, 6.07) is 9.36. The number of amides is 1. The predicted octanol–water partition coefficient (Wildman–Crippen LogP) is 3.66. The molecule has 2 heterocycles. The highest BCUT2D eigenvalue weighted by Gasteiger charge is 2.13. The van der Waals surface area contributed by atoms with Gasteiger partial charge in [-0.2, -0.15) is 0 Å². The van der Waals surface area contributed by atoms with Gasteiger partial charge < -0.3 is 15.0 Å². The van der Waals surface area contributed by atoms with Gasteiger partial charge in [0.1, 0.15) is 11.0 Å². The first-order chi connectivity index (χ1) is 16.1. The standard InChI is InChI=1S/C24H30ClN5O2S/c1-3-9-30(10-4-2)22-17-21(25)27-24(28-22)33-18-19-6-5-7-20(16-19)23(31)26-8-11-29-12-14-32-15-13-29/h3-7,16-17H,1-2,8-15,18H2,(H,26,31). The molecule has 0 radical (unpaired) electrons. The molecule has 0 spiro atoms. The molecule has 2 aromatic rings. The first kappa shape index (κ1) is 25.2. The number of halogens is 1. The van der Waals surface area contributed by atoms with Crippen molar-refractivity contribution in [3.8, 4) is 0 Å². The normalized spacial score (nSPS) is 14.0. The van der Waals surface area contributed by atoms with E-state index in [1.165, 1.54) is 11.8 Å². The van der Waals surface area contributed by atoms with E-state index in [2.05, 4.69) is 33.3 Å². The zero-order chi connectivity index (χ0) is 23.5. The van der Waals surface area contributed by atoms with Crippen LogP contribution in [0.2, 0.25) is 5.15 Å². The Labute approximate surface area is 204 Å². The number of thioether (sulfide) groups is 1. The summed E-state index contributed by atoms with van der Waals surface area (Å²) < 4.78 is 5.35. The average Bonchev–Trinajstić information content (AvgIpc) is 2.83. The first-order valence-electron chi connectivity index (χ1n) is 10.9. The SMILES string of the molecule is C=CCN(CC=C)c1cc(Cl)nc(SCc2cccc(C(=O)NCCN3CCOCC3)c2)n1. The molecule has 1 N–H and O–H groups in total. The predicted molar refractivity (Wildman–Crippen MR) is 135 cm³/mol. The number of hydrogen-bond donors (Lipinski definition) is 1. The Kier molecular flexibility index (Phi) is 10.2. The number of benzene rings is 1. The first-order valence-corrected chi connectivity index (χ1v) is 12.3. The van der Waals surface area contributed by atoms with Gasteiger partial charge in [0.05, 0.1) is 13.2 Å². The fourth-order valence-electron chi connectivity index (χ4n) is 3.39. The van der Waals surface area contributed by atoms with Crippen LogP contribution in [0.15, 0.2) is 60.8 Å². The van der Waals surface area contributed by atoms with Gasteiger partial charge in [-0.25, -0.2) is 9.97 Å². The monoisotopic (exact) mass is 487 g/mol. The number of anilines is 1. The van der Waals surface area contributed by atoms with E-state index in [9.17, 15) is 4.79 Å². The van der Waals surface area contributed by atoms with E-state index < -0.39 is 0 Å². The summed E-state index contributed by atoms with van der Waals surface area (Å²) in [7, 11) is 0. The molecular weight excluding hydrogens is 458 g/mol. The highest BCUT2D eigenvalue weighted by atomic mass is 35.5. The Morgan fingerprint density at radius 2 is 1.97 bits per heavy atom. The van der Waals surface area contributed by atoms with E-state index >= 15 is 0 Å². The second kappa shape index (κ2) is 13.3. The lowest BCUT2D eigenvalue weighted by Crippen LogP contribution is -2.41. The Bertz CT molecular complexity index is 942. The molecule has 0 bridgehead atoms. The molecule has 0 unspecified atom stereocenters. The molecule has 1 saturated heterocycles. The van der Waals surface area contributed by atoms with Gasteiger partial charge in [-0.15, -0.1) is 13.2 Å². The van der Waals surface area contributed by atoms with Gasteiger partial charge in [0, 0.05) is 56.7 Å². The molecule has 1 amide bonds. The van der Waals surface area contributed by atoms with Crippen molar-refractivity contribution in [2.75, 3.05) is 57.4 Å². The average molecular weight is 488 g/mol. The number of carbonyl (C=O) groups is 1. The highest BCUT2D eigenvalue weighted by molar-refractivity contribution is 7.98. The third-order valence-corrected chi connectivity index (χ3v) is 6.17. The molecule has 0 atom stereocenters. The Morgan fingerprint density at radius 3 is 2.70 bits per heavy atom. The van der Waals surface area contributed by atoms with Crippen LogP contribution in [-0.4, -0.2) is 73.3 Å². The molecule has 1 fully saturated rings. The number of aromatic nitrogens is 2. The fourth-order valence-corrected chi connectivity index (χ4v) is 4.41. The van der Waals surface area contributed by atoms with E-state index in [1.54, 1.807) is 6.07 Å². The minimum absolute atomic E-state index is 0.0686. The Morgan fingerprint density at radius 1 is 1.21 bits per heavy atom. The van der Waals surface area contributed by atoms with Gasteiger partial charge in [0.25, 0.3) is 5.91 Å². The maximum absolute atomic E-state index is 12.6. The van der Waals surface area contributed by atoms with Crippen LogP contribution in [0.5, 0.6) is 0 Å². The number of nitrogens with one attached hydrogen (secondary N) is 1. The van der Waals surface area contributed by atoms with Crippen molar-refractivity contribution in [3.05, 3.63) is 71.9 Å². The van der Waals surface area contributed by atoms with Crippen molar-refractivity contribution in [2.24, 2.45) is 0 Å². The van der Waals surface area contributed by atoms with Crippen molar-refractivity contribution >= 4 is 35.1 Å². The lowest BCUT2D eigenvalue weighted by atomic mass is 10.1. The lowest BCUT2D eigenvalue weighted by molar-refractivity contribution is 0.0383. The van der Waals surface area contributed by atoms with Crippen molar-refractivity contribution in [3.63, 3.8) is 0 Å². The van der Waals surface area contributed by atoms with Crippen LogP contribution in [0.1, 0.15) is 15.9 Å². The van der Waals surface area contributed by atoms with Gasteiger partial charge in [-0.05, 0) is 17.7 Å². The summed E-state index contributed by atoms with van der Waals surface area (Å²) in [6.07, 6.45) is 3.62. The van der Waals surface area contributed by atoms with E-state index in [0.717, 1.165) is 44.2 Å². The van der Waals surface area contributed by atoms with Crippen LogP contribution >= 0.6 is 23.4 Å². The van der Waals surface area contributed by atoms with Crippen molar-refractivity contribution in [2.45, 2.75) is 10.9 Å². The zero-order valence-electron chi connectivity index (χ0n) is 18.7. The molecule has 9 heteroatoms. The number of rotatable bonds is 12.